The zero-order chi connectivity index (χ0) is 13.4. The summed E-state index contributed by atoms with van der Waals surface area (Å²) in [5.41, 5.74) is 0. The fraction of sp³-hybridized carbons (Fsp3) is 0.857. The largest absolute Gasteiger partial charge is 0.481 e. The number of ether oxygens (including phenoxy) is 1. The van der Waals surface area contributed by atoms with Gasteiger partial charge in [-0.2, -0.15) is 0 Å². The molecule has 0 aromatic heterocycles. The molecule has 2 heterocycles. The lowest BCUT2D eigenvalue weighted by Gasteiger charge is -2.28. The van der Waals surface area contributed by atoms with E-state index in [9.17, 15) is 14.7 Å². The minimum atomic E-state index is -0.893. The molecule has 106 valence electrons. The average molecular weight is 267 g/mol. The summed E-state index contributed by atoms with van der Waals surface area (Å²) in [6.45, 7) is 0. The van der Waals surface area contributed by atoms with Crippen LogP contribution in [0.3, 0.4) is 0 Å². The second-order valence-corrected chi connectivity index (χ2v) is 6.02. The third-order valence-corrected chi connectivity index (χ3v) is 4.81. The van der Waals surface area contributed by atoms with Crippen molar-refractivity contribution in [1.29, 1.82) is 0 Å². The molecule has 2 saturated heterocycles. The van der Waals surface area contributed by atoms with Crippen LogP contribution in [0, 0.1) is 11.8 Å². The van der Waals surface area contributed by atoms with Crippen LogP contribution >= 0.6 is 0 Å². The molecule has 0 aromatic carbocycles. The van der Waals surface area contributed by atoms with Crippen molar-refractivity contribution in [3.05, 3.63) is 0 Å². The Hall–Kier alpha value is -1.10. The summed E-state index contributed by atoms with van der Waals surface area (Å²) in [7, 11) is 0. The maximum absolute atomic E-state index is 12.4. The van der Waals surface area contributed by atoms with E-state index in [0.29, 0.717) is 0 Å². The number of amides is 1. The maximum Gasteiger partial charge on any atom is 0.310 e. The number of fused-ring (bicyclic) bond motifs is 2. The molecule has 2 bridgehead atoms. The first-order chi connectivity index (χ1) is 9.16. The van der Waals surface area contributed by atoms with Gasteiger partial charge < -0.3 is 15.2 Å². The summed E-state index contributed by atoms with van der Waals surface area (Å²) in [6.07, 6.45) is 6.73. The summed E-state index contributed by atoms with van der Waals surface area (Å²) < 4.78 is 5.63. The minimum absolute atomic E-state index is 0.105. The zero-order valence-corrected chi connectivity index (χ0v) is 11.0. The summed E-state index contributed by atoms with van der Waals surface area (Å²) in [6, 6.07) is 0.231. The average Bonchev–Trinajstić information content (AvgIpc) is 2.99. The molecule has 1 amide bonds. The van der Waals surface area contributed by atoms with E-state index in [-0.39, 0.29) is 24.2 Å². The molecule has 0 aromatic rings. The molecule has 5 nitrogen and oxygen atoms in total. The van der Waals surface area contributed by atoms with Crippen LogP contribution in [0.15, 0.2) is 0 Å². The van der Waals surface area contributed by atoms with Gasteiger partial charge in [0.15, 0.2) is 0 Å². The molecule has 0 unspecified atom stereocenters. The fourth-order valence-electron chi connectivity index (χ4n) is 3.87. The van der Waals surface area contributed by atoms with Crippen molar-refractivity contribution < 1.29 is 19.4 Å². The van der Waals surface area contributed by atoms with Crippen LogP contribution in [-0.4, -0.2) is 35.2 Å². The Bertz CT molecular complexity index is 378. The number of hydrogen-bond acceptors (Lipinski definition) is 3. The number of rotatable bonds is 3. The SMILES string of the molecule is O=C(NC1CCCCC1)[C@@H]1[C@H](C(=O)O)[C@H]2CC[C@H]1O2. The second-order valence-electron chi connectivity index (χ2n) is 6.02. The molecule has 3 aliphatic rings. The fourth-order valence-corrected chi connectivity index (χ4v) is 3.87. The molecule has 1 aliphatic carbocycles. The lowest BCUT2D eigenvalue weighted by Crippen LogP contribution is -2.47. The Morgan fingerprint density at radius 2 is 1.58 bits per heavy atom. The third kappa shape index (κ3) is 2.36. The van der Waals surface area contributed by atoms with Crippen LogP contribution in [0.2, 0.25) is 0 Å². The van der Waals surface area contributed by atoms with Crippen molar-refractivity contribution in [2.45, 2.75) is 63.2 Å². The van der Waals surface area contributed by atoms with E-state index in [0.717, 1.165) is 38.5 Å². The van der Waals surface area contributed by atoms with Crippen molar-refractivity contribution in [2.24, 2.45) is 11.8 Å². The summed E-state index contributed by atoms with van der Waals surface area (Å²) in [4.78, 5) is 23.7. The normalized spacial score (nSPS) is 38.3. The van der Waals surface area contributed by atoms with E-state index < -0.39 is 17.8 Å². The van der Waals surface area contributed by atoms with Gasteiger partial charge >= 0.3 is 5.97 Å². The van der Waals surface area contributed by atoms with Gasteiger partial charge in [0, 0.05) is 6.04 Å². The van der Waals surface area contributed by atoms with E-state index in [2.05, 4.69) is 5.32 Å². The third-order valence-electron chi connectivity index (χ3n) is 4.81. The topological polar surface area (TPSA) is 75.6 Å². The number of carboxylic acid groups (broad SMARTS) is 1. The molecular weight excluding hydrogens is 246 g/mol. The standard InChI is InChI=1S/C14H21NO4/c16-13(15-8-4-2-1-3-5-8)11-9-6-7-10(19-9)12(11)14(17)18/h8-12H,1-7H2,(H,15,16)(H,17,18)/t9-,10-,11+,12-/m1/s1. The van der Waals surface area contributed by atoms with Crippen LogP contribution in [0.1, 0.15) is 44.9 Å². The van der Waals surface area contributed by atoms with Crippen LogP contribution in [0.25, 0.3) is 0 Å². The molecule has 19 heavy (non-hydrogen) atoms. The molecule has 0 radical (unpaired) electrons. The quantitative estimate of drug-likeness (QED) is 0.808. The van der Waals surface area contributed by atoms with Crippen LogP contribution < -0.4 is 5.32 Å². The van der Waals surface area contributed by atoms with Crippen molar-refractivity contribution in [2.75, 3.05) is 0 Å². The highest BCUT2D eigenvalue weighted by Crippen LogP contribution is 2.43. The van der Waals surface area contributed by atoms with Crippen molar-refractivity contribution >= 4 is 11.9 Å². The minimum Gasteiger partial charge on any atom is -0.481 e. The molecule has 5 heteroatoms. The van der Waals surface area contributed by atoms with E-state index >= 15 is 0 Å². The van der Waals surface area contributed by atoms with Crippen molar-refractivity contribution in [3.63, 3.8) is 0 Å². The molecule has 1 saturated carbocycles. The summed E-state index contributed by atoms with van der Waals surface area (Å²) in [5.74, 6) is -2.14. The molecule has 3 fully saturated rings. The van der Waals surface area contributed by atoms with E-state index in [1.165, 1.54) is 6.42 Å². The maximum atomic E-state index is 12.4. The first-order valence-electron chi connectivity index (χ1n) is 7.35. The highest BCUT2D eigenvalue weighted by Gasteiger charge is 2.55. The van der Waals surface area contributed by atoms with Gasteiger partial charge in [0.05, 0.1) is 24.0 Å². The lowest BCUT2D eigenvalue weighted by molar-refractivity contribution is -0.148. The Balaban J connectivity index is 1.66. The van der Waals surface area contributed by atoms with Gasteiger partial charge in [0.2, 0.25) is 5.91 Å². The number of carboxylic acids is 1. The van der Waals surface area contributed by atoms with E-state index in [1.807, 2.05) is 0 Å². The number of nitrogens with one attached hydrogen (secondary N) is 1. The lowest BCUT2D eigenvalue weighted by atomic mass is 9.78. The molecule has 2 aliphatic heterocycles. The van der Waals surface area contributed by atoms with Gasteiger partial charge in [-0.05, 0) is 25.7 Å². The number of carbonyl (C=O) groups is 2. The highest BCUT2D eigenvalue weighted by atomic mass is 16.5. The second kappa shape index (κ2) is 5.12. The Kier molecular flexibility index (Phi) is 3.48. The van der Waals surface area contributed by atoms with Crippen molar-refractivity contribution in [1.82, 2.24) is 5.32 Å². The summed E-state index contributed by atoms with van der Waals surface area (Å²) in [5, 5.41) is 12.3. The molecule has 3 rings (SSSR count). The van der Waals surface area contributed by atoms with Gasteiger partial charge in [0.25, 0.3) is 0 Å². The van der Waals surface area contributed by atoms with Crippen LogP contribution in [0.5, 0.6) is 0 Å². The van der Waals surface area contributed by atoms with E-state index in [1.54, 1.807) is 0 Å². The Morgan fingerprint density at radius 1 is 0.947 bits per heavy atom. The molecule has 0 spiro atoms. The first-order valence-corrected chi connectivity index (χ1v) is 7.35. The van der Waals surface area contributed by atoms with Crippen molar-refractivity contribution in [3.8, 4) is 0 Å². The molecule has 2 N–H and O–H groups in total. The first kappa shape index (κ1) is 12.9. The Labute approximate surface area is 112 Å². The van der Waals surface area contributed by atoms with Gasteiger partial charge in [0.1, 0.15) is 0 Å². The zero-order valence-electron chi connectivity index (χ0n) is 11.0. The molecule has 4 atom stereocenters. The van der Waals surface area contributed by atoms with Crippen LogP contribution in [-0.2, 0) is 14.3 Å². The van der Waals surface area contributed by atoms with Gasteiger partial charge in [-0.15, -0.1) is 0 Å². The number of aliphatic carboxylic acids is 1. The van der Waals surface area contributed by atoms with Crippen LogP contribution in [0.4, 0.5) is 0 Å². The van der Waals surface area contributed by atoms with Gasteiger partial charge in [-0.1, -0.05) is 19.3 Å². The molecular formula is C14H21NO4. The smallest absolute Gasteiger partial charge is 0.310 e. The summed E-state index contributed by atoms with van der Waals surface area (Å²) >= 11 is 0. The van der Waals surface area contributed by atoms with Gasteiger partial charge in [-0.3, -0.25) is 9.59 Å². The van der Waals surface area contributed by atoms with E-state index in [4.69, 9.17) is 4.74 Å². The predicted molar refractivity (Wildman–Crippen MR) is 67.5 cm³/mol. The highest BCUT2D eigenvalue weighted by molar-refractivity contribution is 5.86. The number of carbonyl (C=O) groups excluding carboxylic acids is 1. The predicted octanol–water partition coefficient (Wildman–Crippen LogP) is 1.31. The Morgan fingerprint density at radius 3 is 2.21 bits per heavy atom. The number of hydrogen-bond donors (Lipinski definition) is 2. The monoisotopic (exact) mass is 267 g/mol. The van der Waals surface area contributed by atoms with Gasteiger partial charge in [-0.25, -0.2) is 0 Å².